The predicted octanol–water partition coefficient (Wildman–Crippen LogP) is -1.36. The first kappa shape index (κ1) is 13.6. The molecule has 0 spiro atoms. The van der Waals surface area contributed by atoms with Crippen LogP contribution in [0.15, 0.2) is 12.7 Å². The van der Waals surface area contributed by atoms with E-state index in [1.54, 1.807) is 0 Å². The number of hydrogen-bond donors (Lipinski definition) is 3. The highest BCUT2D eigenvalue weighted by Crippen LogP contribution is 2.02. The summed E-state index contributed by atoms with van der Waals surface area (Å²) in [5.74, 6) is -1.51. The Bertz CT molecular complexity index is 364. The third-order valence-corrected chi connectivity index (χ3v) is 2.38. The lowest BCUT2D eigenvalue weighted by atomic mass is 10.2. The van der Waals surface area contributed by atoms with Crippen molar-refractivity contribution in [2.75, 3.05) is 5.75 Å². The molecule has 0 fully saturated rings. The minimum absolute atomic E-state index is 0.217. The molecule has 0 aromatic heterocycles. The molecule has 0 aliphatic carbocycles. The summed E-state index contributed by atoms with van der Waals surface area (Å²) in [4.78, 5) is 21.1. The molecule has 8 heteroatoms. The highest BCUT2D eigenvalue weighted by Gasteiger charge is 2.30. The van der Waals surface area contributed by atoms with Crippen molar-refractivity contribution in [3.8, 4) is 0 Å². The third kappa shape index (κ3) is 5.81. The number of amides is 2. The average Bonchev–Trinajstić information content (AvgIpc) is 2.00. The molecule has 7 nitrogen and oxygen atoms in total. The molecule has 2 amide bonds. The van der Waals surface area contributed by atoms with Crippen LogP contribution in [0.3, 0.4) is 0 Å². The first-order chi connectivity index (χ1) is 6.72. The quantitative estimate of drug-likeness (QED) is 0.228. The second-order valence-corrected chi connectivity index (χ2v) is 4.47. The second kappa shape index (κ2) is 4.89. The lowest BCUT2D eigenvalue weighted by Gasteiger charge is -2.28. The zero-order valence-electron chi connectivity index (χ0n) is 8.06. The molecule has 0 saturated carbocycles. The predicted molar refractivity (Wildman–Crippen MR) is 52.4 cm³/mol. The van der Waals surface area contributed by atoms with Gasteiger partial charge in [0.2, 0.25) is 12.3 Å². The number of rotatable bonds is 6. The van der Waals surface area contributed by atoms with Crippen molar-refractivity contribution < 1.29 is 22.6 Å². The molecule has 1 atom stereocenters. The van der Waals surface area contributed by atoms with Crippen LogP contribution in [0.1, 0.15) is 6.92 Å². The first-order valence-electron chi connectivity index (χ1n) is 3.83. The highest BCUT2D eigenvalue weighted by atomic mass is 32.2. The molecule has 15 heavy (non-hydrogen) atoms. The summed E-state index contributed by atoms with van der Waals surface area (Å²) < 4.78 is 29.8. The maximum atomic E-state index is 10.9. The number of carbonyl (C=O) groups excluding carboxylic acids is 2. The van der Waals surface area contributed by atoms with E-state index in [4.69, 9.17) is 4.55 Å². The normalized spacial score (nSPS) is 14.8. The van der Waals surface area contributed by atoms with E-state index >= 15 is 0 Å². The molecule has 86 valence electrons. The van der Waals surface area contributed by atoms with Gasteiger partial charge < -0.3 is 10.6 Å². The second-order valence-electron chi connectivity index (χ2n) is 3.01. The lowest BCUT2D eigenvalue weighted by molar-refractivity contribution is -0.119. The van der Waals surface area contributed by atoms with Crippen molar-refractivity contribution in [2.24, 2.45) is 0 Å². The van der Waals surface area contributed by atoms with Gasteiger partial charge in [0.1, 0.15) is 11.4 Å². The molecule has 0 heterocycles. The van der Waals surface area contributed by atoms with Crippen LogP contribution in [-0.4, -0.2) is 36.7 Å². The SMILES string of the molecule is C=CC(=O)NC(C)(CS(=O)(=O)O)NC=O. The fourth-order valence-corrected chi connectivity index (χ4v) is 1.82. The number of hydrogen-bond acceptors (Lipinski definition) is 4. The molecule has 0 saturated heterocycles. The van der Waals surface area contributed by atoms with E-state index in [1.807, 2.05) is 0 Å². The van der Waals surface area contributed by atoms with Crippen LogP contribution in [-0.2, 0) is 19.7 Å². The molecule has 3 N–H and O–H groups in total. The standard InChI is InChI=1S/C7H12N2O5S/c1-3-6(11)9-7(2,8-5-10)4-15(12,13)14/h3,5H,1,4H2,2H3,(H,8,10)(H,9,11)(H,12,13,14). The van der Waals surface area contributed by atoms with Gasteiger partial charge in [0, 0.05) is 0 Å². The molecule has 0 radical (unpaired) electrons. The molecular formula is C7H12N2O5S. The van der Waals surface area contributed by atoms with Crippen molar-refractivity contribution in [1.29, 1.82) is 0 Å². The van der Waals surface area contributed by atoms with E-state index < -0.39 is 27.4 Å². The summed E-state index contributed by atoms with van der Waals surface area (Å²) in [6.07, 6.45) is 1.13. The summed E-state index contributed by atoms with van der Waals surface area (Å²) in [5.41, 5.74) is -1.57. The largest absolute Gasteiger partial charge is 0.335 e. The van der Waals surface area contributed by atoms with Crippen LogP contribution < -0.4 is 10.6 Å². The summed E-state index contributed by atoms with van der Waals surface area (Å²) in [6, 6.07) is 0. The minimum atomic E-state index is -4.33. The van der Waals surface area contributed by atoms with E-state index in [9.17, 15) is 18.0 Å². The maximum absolute atomic E-state index is 10.9. The van der Waals surface area contributed by atoms with E-state index in [0.29, 0.717) is 0 Å². The van der Waals surface area contributed by atoms with Gasteiger partial charge in [-0.3, -0.25) is 14.1 Å². The maximum Gasteiger partial charge on any atom is 0.269 e. The van der Waals surface area contributed by atoms with Crippen LogP contribution >= 0.6 is 0 Å². The Morgan fingerprint density at radius 2 is 2.13 bits per heavy atom. The average molecular weight is 236 g/mol. The fraction of sp³-hybridized carbons (Fsp3) is 0.429. The van der Waals surface area contributed by atoms with E-state index in [2.05, 4.69) is 17.2 Å². The van der Waals surface area contributed by atoms with Crippen LogP contribution in [0.5, 0.6) is 0 Å². The minimum Gasteiger partial charge on any atom is -0.335 e. The van der Waals surface area contributed by atoms with Crippen molar-refractivity contribution in [3.05, 3.63) is 12.7 Å². The summed E-state index contributed by atoms with van der Waals surface area (Å²) in [5, 5.41) is 4.24. The van der Waals surface area contributed by atoms with Crippen molar-refractivity contribution in [1.82, 2.24) is 10.6 Å². The van der Waals surface area contributed by atoms with Gasteiger partial charge in [-0.05, 0) is 13.0 Å². The summed E-state index contributed by atoms with van der Waals surface area (Å²) in [6.45, 7) is 4.39. The monoisotopic (exact) mass is 236 g/mol. The van der Waals surface area contributed by atoms with Gasteiger partial charge in [-0.15, -0.1) is 0 Å². The molecule has 1 unspecified atom stereocenters. The van der Waals surface area contributed by atoms with E-state index in [-0.39, 0.29) is 6.41 Å². The van der Waals surface area contributed by atoms with Gasteiger partial charge in [-0.25, -0.2) is 0 Å². The first-order valence-corrected chi connectivity index (χ1v) is 5.44. The molecule has 0 rings (SSSR count). The van der Waals surface area contributed by atoms with Crippen LogP contribution in [0.2, 0.25) is 0 Å². The highest BCUT2D eigenvalue weighted by molar-refractivity contribution is 7.85. The number of nitrogens with one attached hydrogen (secondary N) is 2. The summed E-state index contributed by atoms with van der Waals surface area (Å²) in [7, 11) is -4.33. The zero-order chi connectivity index (χ0) is 12.1. The van der Waals surface area contributed by atoms with Crippen molar-refractivity contribution >= 4 is 22.4 Å². The van der Waals surface area contributed by atoms with Crippen LogP contribution in [0.4, 0.5) is 0 Å². The van der Waals surface area contributed by atoms with Gasteiger partial charge in [0.05, 0.1) is 0 Å². The van der Waals surface area contributed by atoms with Gasteiger partial charge >= 0.3 is 0 Å². The molecule has 0 aliphatic rings. The van der Waals surface area contributed by atoms with Gasteiger partial charge in [0.15, 0.2) is 0 Å². The topological polar surface area (TPSA) is 113 Å². The Hall–Kier alpha value is -1.41. The molecule has 0 aliphatic heterocycles. The van der Waals surface area contributed by atoms with Crippen LogP contribution in [0, 0.1) is 0 Å². The Morgan fingerprint density at radius 1 is 1.60 bits per heavy atom. The van der Waals surface area contributed by atoms with Gasteiger partial charge in [-0.2, -0.15) is 8.42 Å². The Labute approximate surface area is 87.3 Å². The Morgan fingerprint density at radius 3 is 2.47 bits per heavy atom. The molecule has 0 aromatic rings. The van der Waals surface area contributed by atoms with Crippen molar-refractivity contribution in [3.63, 3.8) is 0 Å². The third-order valence-electron chi connectivity index (χ3n) is 1.43. The zero-order valence-corrected chi connectivity index (χ0v) is 8.87. The lowest BCUT2D eigenvalue weighted by Crippen LogP contribution is -2.59. The van der Waals surface area contributed by atoms with E-state index in [0.717, 1.165) is 6.08 Å². The van der Waals surface area contributed by atoms with Gasteiger partial charge in [0.25, 0.3) is 10.1 Å². The van der Waals surface area contributed by atoms with E-state index in [1.165, 1.54) is 6.92 Å². The fourth-order valence-electron chi connectivity index (χ4n) is 0.932. The molecule has 0 aromatic carbocycles. The molecular weight excluding hydrogens is 224 g/mol. The molecule has 0 bridgehead atoms. The van der Waals surface area contributed by atoms with Crippen LogP contribution in [0.25, 0.3) is 0 Å². The number of carbonyl (C=O) groups is 2. The van der Waals surface area contributed by atoms with Gasteiger partial charge in [-0.1, -0.05) is 6.58 Å². The Balaban J connectivity index is 4.80. The Kier molecular flexibility index (Phi) is 4.43. The summed E-state index contributed by atoms with van der Waals surface area (Å²) >= 11 is 0. The van der Waals surface area contributed by atoms with Crippen molar-refractivity contribution in [2.45, 2.75) is 12.6 Å². The smallest absolute Gasteiger partial charge is 0.269 e.